The molecule has 4 amide bonds. The molecule has 6 rings (SSSR count). The Labute approximate surface area is 304 Å². The SMILES string of the molecule is C=C[C@@H]1C[C@]1(NC(=O)[C@@H]1C[C@@H](OC(=O)N2Cc3cccc(F)c3C2)CN1C(=O)CC(C)Cc1cc(C(C)(C)C)ccc1N)C(=O)NS(=O)(=O)C1CC1. The predicted octanol–water partition coefficient (Wildman–Crippen LogP) is 4.07. The number of amides is 4. The van der Waals surface area contributed by atoms with Gasteiger partial charge in [-0.05, 0) is 65.8 Å². The van der Waals surface area contributed by atoms with Crippen LogP contribution in [0.25, 0.3) is 0 Å². The number of fused-ring (bicyclic) bond motifs is 1. The number of nitrogens with two attached hydrogens (primary N) is 1. The van der Waals surface area contributed by atoms with Crippen LogP contribution in [-0.2, 0) is 54.1 Å². The zero-order valence-electron chi connectivity index (χ0n) is 30.1. The van der Waals surface area contributed by atoms with Crippen molar-refractivity contribution in [2.75, 3.05) is 12.3 Å². The highest BCUT2D eigenvalue weighted by atomic mass is 32.2. The Balaban J connectivity index is 1.18. The molecule has 2 aliphatic carbocycles. The fourth-order valence-corrected chi connectivity index (χ4v) is 8.63. The second-order valence-corrected chi connectivity index (χ2v) is 17.9. The number of sulfonamides is 1. The number of nitrogens with zero attached hydrogens (tertiary/aromatic N) is 2. The maximum atomic E-state index is 14.4. The Morgan fingerprint density at radius 1 is 1.15 bits per heavy atom. The fraction of sp³-hybridized carbons (Fsp3) is 0.526. The number of hydrogen-bond acceptors (Lipinski definition) is 8. The average molecular weight is 738 g/mol. The quantitative estimate of drug-likeness (QED) is 0.229. The molecule has 0 spiro atoms. The summed E-state index contributed by atoms with van der Waals surface area (Å²) in [4.78, 5) is 57.4. The van der Waals surface area contributed by atoms with Gasteiger partial charge in [0.25, 0.3) is 5.91 Å². The molecule has 1 saturated heterocycles. The number of rotatable bonds is 11. The van der Waals surface area contributed by atoms with Gasteiger partial charge in [0, 0.05) is 36.6 Å². The van der Waals surface area contributed by atoms with Gasteiger partial charge in [-0.25, -0.2) is 17.6 Å². The summed E-state index contributed by atoms with van der Waals surface area (Å²) in [6.07, 6.45) is 1.49. The molecule has 12 nitrogen and oxygen atoms in total. The lowest BCUT2D eigenvalue weighted by Crippen LogP contribution is -2.56. The summed E-state index contributed by atoms with van der Waals surface area (Å²) in [6, 6.07) is 9.45. The van der Waals surface area contributed by atoms with Gasteiger partial charge in [0.1, 0.15) is 23.5 Å². The summed E-state index contributed by atoms with van der Waals surface area (Å²) < 4.78 is 47.6. The molecule has 2 heterocycles. The number of likely N-dealkylation sites (tertiary alicyclic amines) is 1. The Morgan fingerprint density at radius 3 is 2.52 bits per heavy atom. The lowest BCUT2D eigenvalue weighted by Gasteiger charge is -2.27. The minimum absolute atomic E-state index is 0.0293. The van der Waals surface area contributed by atoms with Crippen molar-refractivity contribution < 1.29 is 36.7 Å². The van der Waals surface area contributed by atoms with Gasteiger partial charge in [0.05, 0.1) is 18.3 Å². The van der Waals surface area contributed by atoms with E-state index in [4.69, 9.17) is 10.5 Å². The van der Waals surface area contributed by atoms with E-state index in [0.717, 1.165) is 11.1 Å². The average Bonchev–Trinajstić information content (AvgIpc) is 3.96. The lowest BCUT2D eigenvalue weighted by atomic mass is 9.84. The molecule has 14 heteroatoms. The maximum absolute atomic E-state index is 14.4. The molecule has 2 aromatic carbocycles. The van der Waals surface area contributed by atoms with Crippen molar-refractivity contribution in [3.63, 3.8) is 0 Å². The molecule has 5 atom stereocenters. The molecule has 0 bridgehead atoms. The van der Waals surface area contributed by atoms with Crippen LogP contribution >= 0.6 is 0 Å². The molecule has 52 heavy (non-hydrogen) atoms. The first-order valence-corrected chi connectivity index (χ1v) is 19.4. The van der Waals surface area contributed by atoms with E-state index in [1.54, 1.807) is 12.1 Å². The van der Waals surface area contributed by atoms with Crippen molar-refractivity contribution in [2.24, 2.45) is 11.8 Å². The Bertz CT molecular complexity index is 1910. The van der Waals surface area contributed by atoms with E-state index >= 15 is 0 Å². The number of halogens is 1. The fourth-order valence-electron chi connectivity index (χ4n) is 7.27. The standard InChI is InChI=1S/C38H48FN5O7S/c1-6-25-18-38(25,35(47)42-52(49,50)28-11-12-28)41-34(46)32-17-27(51-36(48)43-19-23-8-7-9-30(39)29(23)21-43)20-44(32)33(45)15-22(2)14-24-16-26(37(3,4)5)10-13-31(24)40/h6-10,13,16,22,25,27-28,32H,1,11-12,14-15,17-21,40H2,2-5H3,(H,41,46)(H,42,47)/t22?,25-,27-,32+,38-/m1/s1. The van der Waals surface area contributed by atoms with Gasteiger partial charge in [-0.15, -0.1) is 6.58 Å². The summed E-state index contributed by atoms with van der Waals surface area (Å²) >= 11 is 0. The van der Waals surface area contributed by atoms with Gasteiger partial charge < -0.3 is 20.7 Å². The summed E-state index contributed by atoms with van der Waals surface area (Å²) in [6.45, 7) is 12.1. The van der Waals surface area contributed by atoms with Crippen molar-refractivity contribution in [3.8, 4) is 0 Å². The Morgan fingerprint density at radius 2 is 1.88 bits per heavy atom. The minimum Gasteiger partial charge on any atom is -0.444 e. The molecule has 3 fully saturated rings. The van der Waals surface area contributed by atoms with Crippen LogP contribution in [0.2, 0.25) is 0 Å². The molecule has 0 aromatic heterocycles. The number of carbonyl (C=O) groups is 4. The van der Waals surface area contributed by atoms with Gasteiger partial charge in [-0.3, -0.25) is 24.0 Å². The minimum atomic E-state index is -3.89. The van der Waals surface area contributed by atoms with E-state index < -0.39 is 62.6 Å². The highest BCUT2D eigenvalue weighted by Crippen LogP contribution is 2.45. The molecule has 0 radical (unpaired) electrons. The van der Waals surface area contributed by atoms with Crippen LogP contribution in [0.5, 0.6) is 0 Å². The smallest absolute Gasteiger partial charge is 0.410 e. The zero-order chi connectivity index (χ0) is 37.7. The van der Waals surface area contributed by atoms with Crippen LogP contribution < -0.4 is 15.8 Å². The third kappa shape index (κ3) is 7.67. The van der Waals surface area contributed by atoms with E-state index in [9.17, 15) is 32.0 Å². The van der Waals surface area contributed by atoms with E-state index in [2.05, 4.69) is 43.5 Å². The number of carbonyl (C=O) groups excluding carboxylic acids is 4. The normalized spacial score (nSPS) is 24.5. The largest absolute Gasteiger partial charge is 0.444 e. The van der Waals surface area contributed by atoms with E-state index in [1.807, 2.05) is 19.1 Å². The molecule has 4 aliphatic rings. The number of nitrogen functional groups attached to an aromatic ring is 1. The highest BCUT2D eigenvalue weighted by Gasteiger charge is 2.62. The van der Waals surface area contributed by atoms with Gasteiger partial charge in [0.2, 0.25) is 21.8 Å². The molecule has 280 valence electrons. The van der Waals surface area contributed by atoms with E-state index in [-0.39, 0.29) is 56.1 Å². The highest BCUT2D eigenvalue weighted by molar-refractivity contribution is 7.91. The van der Waals surface area contributed by atoms with Gasteiger partial charge >= 0.3 is 6.09 Å². The number of benzene rings is 2. The van der Waals surface area contributed by atoms with Crippen LogP contribution in [0.4, 0.5) is 14.9 Å². The van der Waals surface area contributed by atoms with Crippen LogP contribution in [0.15, 0.2) is 49.1 Å². The Hall–Kier alpha value is -4.46. The number of nitrogens with one attached hydrogen (secondary N) is 2. The first kappa shape index (κ1) is 37.3. The van der Waals surface area contributed by atoms with Crippen LogP contribution in [0, 0.1) is 17.7 Å². The van der Waals surface area contributed by atoms with Crippen LogP contribution in [-0.4, -0.2) is 71.5 Å². The number of anilines is 1. The van der Waals surface area contributed by atoms with Gasteiger partial charge in [0.15, 0.2) is 0 Å². The number of hydrogen-bond donors (Lipinski definition) is 3. The van der Waals surface area contributed by atoms with Crippen molar-refractivity contribution in [3.05, 3.63) is 77.1 Å². The van der Waals surface area contributed by atoms with Crippen molar-refractivity contribution >= 4 is 39.5 Å². The molecule has 2 aromatic rings. The second kappa shape index (κ2) is 13.8. The molecule has 2 saturated carbocycles. The van der Waals surface area contributed by atoms with Crippen LogP contribution in [0.1, 0.15) is 82.1 Å². The third-order valence-electron chi connectivity index (χ3n) is 10.7. The van der Waals surface area contributed by atoms with Crippen LogP contribution in [0.3, 0.4) is 0 Å². The Kier molecular flexibility index (Phi) is 9.92. The molecular formula is C38H48FN5O7S. The van der Waals surface area contributed by atoms with Crippen molar-refractivity contribution in [1.82, 2.24) is 19.8 Å². The second-order valence-electron chi connectivity index (χ2n) is 15.9. The van der Waals surface area contributed by atoms with Crippen molar-refractivity contribution in [2.45, 2.75) is 108 Å². The first-order chi connectivity index (χ1) is 24.4. The van der Waals surface area contributed by atoms with Gasteiger partial charge in [-0.2, -0.15) is 0 Å². The monoisotopic (exact) mass is 737 g/mol. The molecule has 1 unspecified atom stereocenters. The predicted molar refractivity (Wildman–Crippen MR) is 192 cm³/mol. The summed E-state index contributed by atoms with van der Waals surface area (Å²) in [7, 11) is -3.89. The summed E-state index contributed by atoms with van der Waals surface area (Å²) in [5, 5.41) is 2.11. The van der Waals surface area contributed by atoms with Gasteiger partial charge in [-0.1, -0.05) is 58.0 Å². The lowest BCUT2D eigenvalue weighted by molar-refractivity contribution is -0.140. The summed E-state index contributed by atoms with van der Waals surface area (Å²) in [5.74, 6) is -2.97. The zero-order valence-corrected chi connectivity index (χ0v) is 30.9. The van der Waals surface area contributed by atoms with Crippen molar-refractivity contribution in [1.29, 1.82) is 0 Å². The number of ether oxygens (including phenoxy) is 1. The van der Waals surface area contributed by atoms with E-state index in [1.165, 1.54) is 21.9 Å². The first-order valence-electron chi connectivity index (χ1n) is 17.8. The molecule has 2 aliphatic heterocycles. The summed E-state index contributed by atoms with van der Waals surface area (Å²) in [5.41, 5.74) is 8.41. The third-order valence-corrected chi connectivity index (χ3v) is 12.5. The molecule has 4 N–H and O–H groups in total. The van der Waals surface area contributed by atoms with E-state index in [0.29, 0.717) is 36.1 Å². The molecular weight excluding hydrogens is 690 g/mol. The topological polar surface area (TPSA) is 168 Å². The maximum Gasteiger partial charge on any atom is 0.410 e.